The topological polar surface area (TPSA) is 15.8 Å². The molecular weight excluding hydrogens is 791 g/mol. The Morgan fingerprint density at radius 2 is 0.778 bits per heavy atom. The fourth-order valence-corrected chi connectivity index (χ4v) is 14.8. The van der Waals surface area contributed by atoms with Gasteiger partial charge in [-0.1, -0.05) is 60.7 Å². The van der Waals surface area contributed by atoms with Crippen molar-refractivity contribution in [3.05, 3.63) is 144 Å². The smallest absolute Gasteiger partial charge is 0.0545 e. The lowest BCUT2D eigenvalue weighted by atomic mass is 10.0. The second-order valence-corrected chi connectivity index (χ2v) is 20.6. The highest BCUT2D eigenvalue weighted by Gasteiger charge is 2.16. The van der Waals surface area contributed by atoms with E-state index in [1.54, 1.807) is 22.7 Å². The second-order valence-electron chi connectivity index (χ2n) is 13.3. The van der Waals surface area contributed by atoms with Crippen molar-refractivity contribution >= 4 is 132 Å². The largest absolute Gasteiger partial charge is 0.354 e. The average Bonchev–Trinajstić information content (AvgIpc) is 4.06. The molecule has 4 aromatic carbocycles. The Morgan fingerprint density at radius 3 is 1.35 bits per heavy atom. The van der Waals surface area contributed by atoms with Crippen LogP contribution >= 0.6 is 79.4 Å². The first-order chi connectivity index (χ1) is 26.7. The van der Waals surface area contributed by atoms with E-state index in [2.05, 4.69) is 149 Å². The number of thiophene rings is 7. The van der Waals surface area contributed by atoms with Gasteiger partial charge in [0.05, 0.1) is 5.52 Å². The third kappa shape index (κ3) is 5.09. The first-order valence-electron chi connectivity index (χ1n) is 17.5. The van der Waals surface area contributed by atoms with Gasteiger partial charge in [-0.25, -0.2) is 0 Å². The number of benzene rings is 4. The van der Waals surface area contributed by atoms with E-state index in [0.29, 0.717) is 0 Å². The van der Waals surface area contributed by atoms with Crippen molar-refractivity contribution in [3.8, 4) is 59.9 Å². The van der Waals surface area contributed by atoms with Gasteiger partial charge < -0.3 is 4.98 Å². The van der Waals surface area contributed by atoms with Crippen molar-refractivity contribution in [2.24, 2.45) is 0 Å². The summed E-state index contributed by atoms with van der Waals surface area (Å²) in [5, 5.41) is 12.1. The van der Waals surface area contributed by atoms with E-state index >= 15 is 0 Å². The van der Waals surface area contributed by atoms with E-state index in [4.69, 9.17) is 0 Å². The summed E-state index contributed by atoms with van der Waals surface area (Å²) in [6.45, 7) is 0. The molecule has 8 heterocycles. The van der Waals surface area contributed by atoms with Crippen LogP contribution in [0.2, 0.25) is 0 Å². The predicted octanol–water partition coefficient (Wildman–Crippen LogP) is 17.2. The third-order valence-electron chi connectivity index (χ3n) is 10.2. The average molecular weight is 816 g/mol. The Balaban J connectivity index is 0.883. The monoisotopic (exact) mass is 815 g/mol. The molecule has 0 bridgehead atoms. The van der Waals surface area contributed by atoms with E-state index in [1.807, 2.05) is 56.7 Å². The van der Waals surface area contributed by atoms with Crippen molar-refractivity contribution in [1.29, 1.82) is 0 Å². The molecular formula is C46H25NS7. The Labute approximate surface area is 338 Å². The minimum atomic E-state index is 1.18. The first-order valence-corrected chi connectivity index (χ1v) is 23.4. The second kappa shape index (κ2) is 12.4. The van der Waals surface area contributed by atoms with Crippen LogP contribution in [0.25, 0.3) is 113 Å². The molecule has 8 heteroatoms. The maximum Gasteiger partial charge on any atom is 0.0545 e. The van der Waals surface area contributed by atoms with Crippen LogP contribution in [-0.2, 0) is 0 Å². The summed E-state index contributed by atoms with van der Waals surface area (Å²) in [6.07, 6.45) is 0. The summed E-state index contributed by atoms with van der Waals surface area (Å²) in [5.74, 6) is 0. The standard InChI is InChI=1S/C46H25NS7/c1-3-36(48-21-1)38-17-19-42(52-38)40-15-13-34(50-40)25-5-7-27-29-9-12-32-30(45(29)47-33(27)23-25)10-11-31-28-8-6-26(24-44(28)54-46(31)32)35-14-16-41(51-35)43-20-18-39(53-43)37-4-2-22-49-37/h1-24,47H. The number of nitrogens with one attached hydrogen (secondary N) is 1. The zero-order chi connectivity index (χ0) is 35.3. The van der Waals surface area contributed by atoms with Gasteiger partial charge in [0, 0.05) is 96.0 Å². The summed E-state index contributed by atoms with van der Waals surface area (Å²) >= 11 is 13.0. The number of aromatic amines is 1. The highest BCUT2D eigenvalue weighted by atomic mass is 32.1. The minimum Gasteiger partial charge on any atom is -0.354 e. The maximum atomic E-state index is 3.86. The van der Waals surface area contributed by atoms with E-state index in [0.717, 1.165) is 0 Å². The molecule has 0 unspecified atom stereocenters. The quantitative estimate of drug-likeness (QED) is 0.172. The molecule has 0 amide bonds. The summed E-state index contributed by atoms with van der Waals surface area (Å²) in [6, 6.07) is 50.1. The minimum absolute atomic E-state index is 1.18. The van der Waals surface area contributed by atoms with Gasteiger partial charge in [0.1, 0.15) is 0 Å². The van der Waals surface area contributed by atoms with E-state index in [9.17, 15) is 0 Å². The van der Waals surface area contributed by atoms with E-state index < -0.39 is 0 Å². The normalized spacial score (nSPS) is 12.1. The van der Waals surface area contributed by atoms with Gasteiger partial charge in [0.15, 0.2) is 0 Å². The number of aromatic nitrogens is 1. The molecule has 12 aromatic rings. The Morgan fingerprint density at radius 1 is 0.333 bits per heavy atom. The van der Waals surface area contributed by atoms with Crippen LogP contribution in [-0.4, -0.2) is 4.98 Å². The fourth-order valence-electron chi connectivity index (χ4n) is 7.62. The van der Waals surface area contributed by atoms with Crippen LogP contribution in [0.5, 0.6) is 0 Å². The van der Waals surface area contributed by atoms with Crippen LogP contribution in [0.15, 0.2) is 144 Å². The molecule has 0 saturated carbocycles. The maximum absolute atomic E-state index is 3.86. The van der Waals surface area contributed by atoms with Crippen molar-refractivity contribution in [2.45, 2.75) is 0 Å². The molecule has 0 aliphatic heterocycles. The molecule has 8 aromatic heterocycles. The zero-order valence-electron chi connectivity index (χ0n) is 28.2. The molecule has 0 spiro atoms. The van der Waals surface area contributed by atoms with Gasteiger partial charge in [0.2, 0.25) is 0 Å². The van der Waals surface area contributed by atoms with Gasteiger partial charge in [-0.15, -0.1) is 79.4 Å². The predicted molar refractivity (Wildman–Crippen MR) is 246 cm³/mol. The van der Waals surface area contributed by atoms with Crippen LogP contribution < -0.4 is 0 Å². The molecule has 1 nitrogen and oxygen atoms in total. The molecule has 0 fully saturated rings. The van der Waals surface area contributed by atoms with E-state index in [-0.39, 0.29) is 0 Å². The lowest BCUT2D eigenvalue weighted by molar-refractivity contribution is 1.56. The lowest BCUT2D eigenvalue weighted by Gasteiger charge is -2.02. The van der Waals surface area contributed by atoms with Gasteiger partial charge in [-0.05, 0) is 94.7 Å². The molecule has 1 N–H and O–H groups in total. The summed E-state index contributed by atoms with van der Waals surface area (Å²) in [7, 11) is 0. The van der Waals surface area contributed by atoms with Crippen LogP contribution in [0.1, 0.15) is 0 Å². The molecule has 54 heavy (non-hydrogen) atoms. The van der Waals surface area contributed by atoms with Crippen molar-refractivity contribution in [1.82, 2.24) is 4.98 Å². The Hall–Kier alpha value is -4.64. The Kier molecular flexibility index (Phi) is 7.30. The number of hydrogen-bond donors (Lipinski definition) is 1. The molecule has 0 atom stereocenters. The fraction of sp³-hybridized carbons (Fsp3) is 0. The van der Waals surface area contributed by atoms with Crippen molar-refractivity contribution in [2.75, 3.05) is 0 Å². The number of fused-ring (bicyclic) bond motifs is 9. The summed E-state index contributed by atoms with van der Waals surface area (Å²) in [5.41, 5.74) is 4.94. The zero-order valence-corrected chi connectivity index (χ0v) is 33.9. The lowest BCUT2D eigenvalue weighted by Crippen LogP contribution is -1.76. The van der Waals surface area contributed by atoms with Crippen LogP contribution in [0, 0.1) is 0 Å². The number of rotatable bonds is 6. The van der Waals surface area contributed by atoms with Crippen LogP contribution in [0.4, 0.5) is 0 Å². The number of hydrogen-bond acceptors (Lipinski definition) is 7. The third-order valence-corrected chi connectivity index (χ3v) is 18.4. The molecule has 0 aliphatic rings. The SMILES string of the molecule is c1csc(-c2ccc(-c3ccc(-c4ccc5c(c4)[nH]c4c5ccc5c4ccc4c6ccc(-c7ccc(-c8ccc(-c9cccs9)s8)s7)cc6sc45)s3)s2)c1. The van der Waals surface area contributed by atoms with Gasteiger partial charge in [-0.2, -0.15) is 0 Å². The highest BCUT2D eigenvalue weighted by molar-refractivity contribution is 7.28. The first kappa shape index (κ1) is 31.7. The van der Waals surface area contributed by atoms with Gasteiger partial charge >= 0.3 is 0 Å². The molecule has 0 aliphatic carbocycles. The van der Waals surface area contributed by atoms with Crippen molar-refractivity contribution in [3.63, 3.8) is 0 Å². The van der Waals surface area contributed by atoms with Crippen LogP contribution in [0.3, 0.4) is 0 Å². The summed E-state index contributed by atoms with van der Waals surface area (Å²) in [4.78, 5) is 17.1. The van der Waals surface area contributed by atoms with E-state index in [1.165, 1.54) is 113 Å². The Bertz CT molecular complexity index is 3110. The molecule has 0 radical (unpaired) electrons. The molecule has 0 saturated heterocycles. The molecule has 12 rings (SSSR count). The number of H-pyrrole nitrogens is 1. The van der Waals surface area contributed by atoms with Gasteiger partial charge in [0.25, 0.3) is 0 Å². The molecule has 256 valence electrons. The van der Waals surface area contributed by atoms with Crippen molar-refractivity contribution < 1.29 is 0 Å². The van der Waals surface area contributed by atoms with Gasteiger partial charge in [-0.3, -0.25) is 0 Å². The summed E-state index contributed by atoms with van der Waals surface area (Å²) < 4.78 is 2.69. The highest BCUT2D eigenvalue weighted by Crippen LogP contribution is 2.46.